The SMILES string of the molecule is C1=c2c3n(c4ccccc24)-c2ccccc2C2(C=3CC1)c1ccccc1-c1cccc(-c3nc(-c4ccccc4)c4ccccc4n3)c12. The normalized spacial score (nSPS) is 16.8. The van der Waals surface area contributed by atoms with E-state index in [0.29, 0.717) is 0 Å². The van der Waals surface area contributed by atoms with E-state index in [2.05, 4.69) is 156 Å². The predicted octanol–water partition coefficient (Wildman–Crippen LogP) is 8.96. The lowest BCUT2D eigenvalue weighted by Gasteiger charge is -2.41. The summed E-state index contributed by atoms with van der Waals surface area (Å²) in [7, 11) is 0. The molecule has 0 N–H and O–H groups in total. The molecule has 2 aliphatic carbocycles. The first-order valence-electron chi connectivity index (χ1n) is 16.8. The Hall–Kier alpha value is -6.06. The number of hydrogen-bond donors (Lipinski definition) is 0. The molecule has 3 nitrogen and oxygen atoms in total. The highest BCUT2D eigenvalue weighted by atomic mass is 15.0. The number of benzene rings is 6. The monoisotopic (exact) mass is 611 g/mol. The average molecular weight is 612 g/mol. The van der Waals surface area contributed by atoms with Gasteiger partial charge in [0.15, 0.2) is 5.82 Å². The maximum absolute atomic E-state index is 5.45. The second kappa shape index (κ2) is 9.49. The van der Waals surface area contributed by atoms with Crippen LogP contribution in [-0.2, 0) is 5.41 Å². The van der Waals surface area contributed by atoms with E-state index in [0.717, 1.165) is 46.4 Å². The zero-order chi connectivity index (χ0) is 31.4. The van der Waals surface area contributed by atoms with Gasteiger partial charge in [0.25, 0.3) is 0 Å². The van der Waals surface area contributed by atoms with E-state index in [9.17, 15) is 0 Å². The van der Waals surface area contributed by atoms with Crippen molar-refractivity contribution in [3.8, 4) is 39.5 Å². The van der Waals surface area contributed by atoms with Gasteiger partial charge in [-0.15, -0.1) is 0 Å². The summed E-state index contributed by atoms with van der Waals surface area (Å²) in [6.07, 6.45) is 4.45. The molecule has 11 rings (SSSR count). The van der Waals surface area contributed by atoms with Gasteiger partial charge >= 0.3 is 0 Å². The first-order chi connectivity index (χ1) is 23.8. The highest BCUT2D eigenvalue weighted by Gasteiger charge is 2.52. The fraction of sp³-hybridized carbons (Fsp3) is 0.0667. The highest BCUT2D eigenvalue weighted by molar-refractivity contribution is 6.01. The summed E-state index contributed by atoms with van der Waals surface area (Å²) in [5.74, 6) is 0.767. The summed E-state index contributed by atoms with van der Waals surface area (Å²) in [6, 6.07) is 52.8. The first-order valence-corrected chi connectivity index (χ1v) is 16.8. The van der Waals surface area contributed by atoms with Gasteiger partial charge < -0.3 is 4.57 Å². The Morgan fingerprint density at radius 3 is 2.19 bits per heavy atom. The summed E-state index contributed by atoms with van der Waals surface area (Å²) in [4.78, 5) is 10.8. The zero-order valence-electron chi connectivity index (χ0n) is 26.2. The van der Waals surface area contributed by atoms with Gasteiger partial charge in [0, 0.05) is 27.1 Å². The zero-order valence-corrected chi connectivity index (χ0v) is 26.2. The Bertz CT molecular complexity index is 2790. The van der Waals surface area contributed by atoms with Crippen LogP contribution in [0.2, 0.25) is 0 Å². The average Bonchev–Trinajstić information content (AvgIpc) is 3.66. The van der Waals surface area contributed by atoms with E-state index in [1.54, 1.807) is 0 Å². The summed E-state index contributed by atoms with van der Waals surface area (Å²) < 4.78 is 2.54. The Morgan fingerprint density at radius 2 is 1.27 bits per heavy atom. The largest absolute Gasteiger partial charge is 0.309 e. The second-order valence-electron chi connectivity index (χ2n) is 13.2. The van der Waals surface area contributed by atoms with Gasteiger partial charge in [-0.1, -0.05) is 133 Å². The fourth-order valence-corrected chi connectivity index (χ4v) is 9.16. The van der Waals surface area contributed by atoms with Crippen LogP contribution < -0.4 is 10.6 Å². The van der Waals surface area contributed by atoms with Crippen molar-refractivity contribution in [2.45, 2.75) is 18.3 Å². The summed E-state index contributed by atoms with van der Waals surface area (Å²) in [5.41, 5.74) is 14.1. The van der Waals surface area contributed by atoms with Crippen molar-refractivity contribution in [3.05, 3.63) is 173 Å². The molecule has 0 saturated heterocycles. The Morgan fingerprint density at radius 1 is 0.562 bits per heavy atom. The van der Waals surface area contributed by atoms with Crippen LogP contribution in [0.25, 0.3) is 72.9 Å². The molecule has 3 aliphatic rings. The van der Waals surface area contributed by atoms with E-state index < -0.39 is 5.41 Å². The van der Waals surface area contributed by atoms with Gasteiger partial charge in [-0.05, 0) is 64.4 Å². The van der Waals surface area contributed by atoms with Gasteiger partial charge in [0.05, 0.1) is 33.2 Å². The first kappa shape index (κ1) is 26.1. The predicted molar refractivity (Wildman–Crippen MR) is 195 cm³/mol. The van der Waals surface area contributed by atoms with Crippen LogP contribution in [-0.4, -0.2) is 14.5 Å². The lowest BCUT2D eigenvalue weighted by atomic mass is 9.63. The molecule has 3 heterocycles. The molecule has 0 amide bonds. The van der Waals surface area contributed by atoms with Crippen molar-refractivity contribution >= 4 is 33.5 Å². The molecule has 6 aromatic carbocycles. The van der Waals surface area contributed by atoms with Crippen LogP contribution in [0.1, 0.15) is 29.5 Å². The lowest BCUT2D eigenvalue weighted by molar-refractivity contribution is 0.734. The molecule has 1 atom stereocenters. The Kier molecular flexibility index (Phi) is 5.15. The standard InChI is InChI=1S/C45H29N3/c1-2-14-28(15-3-1)42-33-18-5-9-25-38(33)46-44(47-42)34-21-12-19-31-29-16-4-7-22-35(29)45(41(31)34)36-23-8-11-27-40(36)48-39-26-10-6-17-30(39)32-20-13-24-37(45)43(32)48/h1-12,14-23,25-27H,13,24H2. The van der Waals surface area contributed by atoms with Crippen LogP contribution >= 0.6 is 0 Å². The number of aromatic nitrogens is 3. The highest BCUT2D eigenvalue weighted by Crippen LogP contribution is 2.61. The molecule has 224 valence electrons. The summed E-state index contributed by atoms with van der Waals surface area (Å²) in [5, 5.41) is 5.09. The van der Waals surface area contributed by atoms with Crippen molar-refractivity contribution in [2.75, 3.05) is 0 Å². The van der Waals surface area contributed by atoms with Gasteiger partial charge in [0.1, 0.15) is 0 Å². The Labute approximate surface area is 277 Å². The van der Waals surface area contributed by atoms with Crippen LogP contribution in [0.15, 0.2) is 146 Å². The lowest BCUT2D eigenvalue weighted by Crippen LogP contribution is -2.46. The minimum atomic E-state index is -0.492. The van der Waals surface area contributed by atoms with Gasteiger partial charge in [-0.3, -0.25) is 0 Å². The molecule has 48 heavy (non-hydrogen) atoms. The van der Waals surface area contributed by atoms with Crippen LogP contribution in [0, 0.1) is 0 Å². The van der Waals surface area contributed by atoms with Crippen LogP contribution in [0.3, 0.4) is 0 Å². The van der Waals surface area contributed by atoms with Crippen molar-refractivity contribution in [1.29, 1.82) is 0 Å². The molecule has 0 saturated carbocycles. The molecule has 1 unspecified atom stereocenters. The van der Waals surface area contributed by atoms with E-state index in [1.807, 2.05) is 0 Å². The molecule has 1 aliphatic heterocycles. The number of hydrogen-bond acceptors (Lipinski definition) is 2. The van der Waals surface area contributed by atoms with Gasteiger partial charge in [-0.2, -0.15) is 0 Å². The number of nitrogens with zero attached hydrogens (tertiary/aromatic N) is 3. The molecule has 0 radical (unpaired) electrons. The molecule has 1 spiro atoms. The smallest absolute Gasteiger partial charge is 0.160 e. The van der Waals surface area contributed by atoms with E-state index >= 15 is 0 Å². The third kappa shape index (κ3) is 3.18. The summed E-state index contributed by atoms with van der Waals surface area (Å²) in [6.45, 7) is 0. The Balaban J connectivity index is 1.33. The third-order valence-corrected chi connectivity index (χ3v) is 10.9. The minimum absolute atomic E-state index is 0.492. The maximum atomic E-state index is 5.45. The minimum Gasteiger partial charge on any atom is -0.309 e. The molecular formula is C45H29N3. The number of fused-ring (bicyclic) bond motifs is 13. The van der Waals surface area contributed by atoms with Gasteiger partial charge in [0.2, 0.25) is 0 Å². The van der Waals surface area contributed by atoms with Gasteiger partial charge in [-0.25, -0.2) is 9.97 Å². The second-order valence-corrected chi connectivity index (χ2v) is 13.2. The molecule has 3 heteroatoms. The molecule has 2 aromatic heterocycles. The van der Waals surface area contributed by atoms with E-state index in [1.165, 1.54) is 60.5 Å². The van der Waals surface area contributed by atoms with Crippen molar-refractivity contribution in [1.82, 2.24) is 14.5 Å². The number of para-hydroxylation sites is 3. The molecule has 8 aromatic rings. The molecule has 0 bridgehead atoms. The maximum Gasteiger partial charge on any atom is 0.160 e. The summed E-state index contributed by atoms with van der Waals surface area (Å²) >= 11 is 0. The van der Waals surface area contributed by atoms with Crippen molar-refractivity contribution < 1.29 is 0 Å². The number of rotatable bonds is 2. The molecule has 0 fully saturated rings. The van der Waals surface area contributed by atoms with Crippen LogP contribution in [0.5, 0.6) is 0 Å². The topological polar surface area (TPSA) is 30.7 Å². The molecular weight excluding hydrogens is 583 g/mol. The quantitative estimate of drug-likeness (QED) is 0.195. The van der Waals surface area contributed by atoms with Crippen LogP contribution in [0.4, 0.5) is 0 Å². The fourth-order valence-electron chi connectivity index (χ4n) is 9.16. The van der Waals surface area contributed by atoms with E-state index in [-0.39, 0.29) is 0 Å². The van der Waals surface area contributed by atoms with Crippen molar-refractivity contribution in [2.24, 2.45) is 0 Å². The third-order valence-electron chi connectivity index (χ3n) is 10.9. The van der Waals surface area contributed by atoms with Crippen molar-refractivity contribution in [3.63, 3.8) is 0 Å². The van der Waals surface area contributed by atoms with E-state index in [4.69, 9.17) is 9.97 Å².